The second-order valence-electron chi connectivity index (χ2n) is 7.88. The Morgan fingerprint density at radius 2 is 1.52 bits per heavy atom. The highest BCUT2D eigenvalue weighted by atomic mass is 16.4. The van der Waals surface area contributed by atoms with Gasteiger partial charge in [0.2, 0.25) is 5.91 Å². The summed E-state index contributed by atoms with van der Waals surface area (Å²) < 4.78 is 0. The van der Waals surface area contributed by atoms with Crippen molar-refractivity contribution in [1.82, 2.24) is 0 Å². The van der Waals surface area contributed by atoms with E-state index in [1.165, 1.54) is 25.7 Å². The predicted octanol–water partition coefficient (Wildman–Crippen LogP) is 3.93. The Morgan fingerprint density at radius 1 is 0.957 bits per heavy atom. The molecule has 122 valence electrons. The summed E-state index contributed by atoms with van der Waals surface area (Å²) in [5.41, 5.74) is 0.766. The number of amides is 1. The van der Waals surface area contributed by atoms with Crippen molar-refractivity contribution in [1.29, 1.82) is 0 Å². The number of benzene rings is 1. The van der Waals surface area contributed by atoms with E-state index in [-0.39, 0.29) is 16.9 Å². The number of hydrogen-bond acceptors (Lipinski definition) is 2. The average Bonchev–Trinajstić information content (AvgIpc) is 2.74. The summed E-state index contributed by atoms with van der Waals surface area (Å²) in [5.74, 6) is 1.39. The van der Waals surface area contributed by atoms with Crippen LogP contribution in [0, 0.1) is 23.2 Å². The van der Waals surface area contributed by atoms with Crippen molar-refractivity contribution in [3.63, 3.8) is 0 Å². The van der Waals surface area contributed by atoms with Crippen molar-refractivity contribution in [3.8, 4) is 0 Å². The molecule has 0 spiro atoms. The van der Waals surface area contributed by atoms with Gasteiger partial charge in [-0.05, 0) is 74.1 Å². The van der Waals surface area contributed by atoms with Gasteiger partial charge in [0.05, 0.1) is 11.0 Å². The number of fused-ring (bicyclic) bond motifs is 1. The van der Waals surface area contributed by atoms with Crippen LogP contribution in [0.25, 0.3) is 0 Å². The molecule has 0 saturated heterocycles. The predicted molar refractivity (Wildman–Crippen MR) is 87.3 cm³/mol. The lowest BCUT2D eigenvalue weighted by Crippen LogP contribution is -2.46. The molecule has 2 atom stereocenters. The molecule has 4 aliphatic carbocycles. The monoisotopic (exact) mass is 313 g/mol. The maximum Gasteiger partial charge on any atom is 0.335 e. The van der Waals surface area contributed by atoms with Crippen molar-refractivity contribution in [2.45, 2.75) is 44.9 Å². The molecule has 1 aromatic rings. The molecule has 0 unspecified atom stereocenters. The van der Waals surface area contributed by atoms with Crippen molar-refractivity contribution < 1.29 is 14.7 Å². The van der Waals surface area contributed by atoms with E-state index < -0.39 is 5.97 Å². The van der Waals surface area contributed by atoms with Crippen molar-refractivity contribution >= 4 is 17.6 Å². The van der Waals surface area contributed by atoms with E-state index in [9.17, 15) is 9.59 Å². The van der Waals surface area contributed by atoms with E-state index in [1.54, 1.807) is 24.3 Å². The third kappa shape index (κ3) is 2.64. The Hall–Kier alpha value is -1.84. The molecule has 0 aromatic heterocycles. The van der Waals surface area contributed by atoms with E-state index in [2.05, 4.69) is 5.32 Å². The second kappa shape index (κ2) is 5.36. The van der Waals surface area contributed by atoms with Gasteiger partial charge in [-0.15, -0.1) is 0 Å². The molecule has 0 heterocycles. The molecule has 4 aliphatic rings. The Labute approximate surface area is 136 Å². The Bertz CT molecular complexity index is 621. The molecule has 4 heteroatoms. The first-order valence-corrected chi connectivity index (χ1v) is 8.69. The molecule has 4 fully saturated rings. The van der Waals surface area contributed by atoms with Crippen LogP contribution in [0.4, 0.5) is 5.69 Å². The molecule has 4 bridgehead atoms. The quantitative estimate of drug-likeness (QED) is 0.888. The van der Waals surface area contributed by atoms with Gasteiger partial charge in [0.15, 0.2) is 0 Å². The zero-order valence-electron chi connectivity index (χ0n) is 13.3. The molecule has 23 heavy (non-hydrogen) atoms. The Morgan fingerprint density at radius 3 is 2.09 bits per heavy atom. The maximum absolute atomic E-state index is 13.0. The minimum absolute atomic E-state index is 0.155. The van der Waals surface area contributed by atoms with E-state index >= 15 is 0 Å². The molecule has 4 nitrogen and oxygen atoms in total. The summed E-state index contributed by atoms with van der Waals surface area (Å²) >= 11 is 0. The number of aromatic carboxylic acids is 1. The zero-order valence-corrected chi connectivity index (χ0v) is 13.3. The molecule has 0 aliphatic heterocycles. The van der Waals surface area contributed by atoms with Gasteiger partial charge in [0.1, 0.15) is 0 Å². The largest absolute Gasteiger partial charge is 0.478 e. The van der Waals surface area contributed by atoms with Crippen LogP contribution in [0.2, 0.25) is 0 Å². The molecule has 2 N–H and O–H groups in total. The van der Waals surface area contributed by atoms with Crippen LogP contribution < -0.4 is 5.32 Å². The Kier molecular flexibility index (Phi) is 3.43. The van der Waals surface area contributed by atoms with Gasteiger partial charge in [-0.3, -0.25) is 4.79 Å². The maximum atomic E-state index is 13.0. The van der Waals surface area contributed by atoms with E-state index in [0.29, 0.717) is 5.69 Å². The first kappa shape index (κ1) is 14.7. The van der Waals surface area contributed by atoms with Gasteiger partial charge in [-0.2, -0.15) is 0 Å². The number of anilines is 1. The van der Waals surface area contributed by atoms with E-state index in [1.807, 2.05) is 0 Å². The number of hydrogen-bond donors (Lipinski definition) is 2. The van der Waals surface area contributed by atoms with Crippen LogP contribution >= 0.6 is 0 Å². The molecular weight excluding hydrogens is 290 g/mol. The summed E-state index contributed by atoms with van der Waals surface area (Å²) in [6, 6.07) is 6.47. The van der Waals surface area contributed by atoms with Crippen LogP contribution in [-0.4, -0.2) is 17.0 Å². The van der Waals surface area contributed by atoms with Crippen LogP contribution in [-0.2, 0) is 4.79 Å². The number of carboxylic acid groups (broad SMARTS) is 1. The highest BCUT2D eigenvalue weighted by molar-refractivity contribution is 5.96. The summed E-state index contributed by atoms with van der Waals surface area (Å²) in [4.78, 5) is 23.9. The third-order valence-electron chi connectivity index (χ3n) is 6.23. The molecule has 4 saturated carbocycles. The van der Waals surface area contributed by atoms with Crippen molar-refractivity contribution in [2.75, 3.05) is 5.32 Å². The number of carbonyl (C=O) groups is 2. The SMILES string of the molecule is O=C(O)c1ccc(NC(=O)C23CC4C[C@@H](CC[C@H](C4)C2)C3)cc1. The summed E-state index contributed by atoms with van der Waals surface area (Å²) in [6.07, 6.45) is 8.35. The fraction of sp³-hybridized carbons (Fsp3) is 0.579. The standard InChI is InChI=1S/C19H23NO3/c21-17(22)15-3-5-16(6-4-15)20-18(23)19-9-12-1-2-13(10-19)8-14(7-12)11-19/h3-6,12-14H,1-2,7-11H2,(H,20,23)(H,21,22)/t12-,13-,14?,19?/m1/s1. The molecule has 1 aromatic carbocycles. The average molecular weight is 313 g/mol. The minimum Gasteiger partial charge on any atom is -0.478 e. The number of carboxylic acids is 1. The first-order chi connectivity index (χ1) is 11.0. The third-order valence-corrected chi connectivity index (χ3v) is 6.23. The first-order valence-electron chi connectivity index (χ1n) is 8.69. The smallest absolute Gasteiger partial charge is 0.335 e. The highest BCUT2D eigenvalue weighted by Crippen LogP contribution is 2.58. The minimum atomic E-state index is -0.944. The van der Waals surface area contributed by atoms with Crippen LogP contribution in [0.1, 0.15) is 55.3 Å². The van der Waals surface area contributed by atoms with Crippen LogP contribution in [0.5, 0.6) is 0 Å². The van der Waals surface area contributed by atoms with Gasteiger partial charge in [0, 0.05) is 5.69 Å². The lowest BCUT2D eigenvalue weighted by molar-refractivity contribution is -0.132. The lowest BCUT2D eigenvalue weighted by atomic mass is 9.58. The molecule has 1 amide bonds. The van der Waals surface area contributed by atoms with Gasteiger partial charge < -0.3 is 10.4 Å². The fourth-order valence-electron chi connectivity index (χ4n) is 5.43. The van der Waals surface area contributed by atoms with Gasteiger partial charge in [0.25, 0.3) is 0 Å². The summed E-state index contributed by atoms with van der Waals surface area (Å²) in [6.45, 7) is 0. The van der Waals surface area contributed by atoms with E-state index in [4.69, 9.17) is 5.11 Å². The van der Waals surface area contributed by atoms with Gasteiger partial charge >= 0.3 is 5.97 Å². The van der Waals surface area contributed by atoms with Gasteiger partial charge in [-0.1, -0.05) is 12.8 Å². The molecule has 0 radical (unpaired) electrons. The van der Waals surface area contributed by atoms with Crippen molar-refractivity contribution in [2.24, 2.45) is 23.2 Å². The van der Waals surface area contributed by atoms with Gasteiger partial charge in [-0.25, -0.2) is 4.79 Å². The zero-order chi connectivity index (χ0) is 16.0. The topological polar surface area (TPSA) is 66.4 Å². The lowest BCUT2D eigenvalue weighted by Gasteiger charge is -2.47. The highest BCUT2D eigenvalue weighted by Gasteiger charge is 2.52. The summed E-state index contributed by atoms with van der Waals surface area (Å²) in [7, 11) is 0. The van der Waals surface area contributed by atoms with Crippen molar-refractivity contribution in [3.05, 3.63) is 29.8 Å². The Balaban J connectivity index is 1.53. The number of nitrogens with one attached hydrogen (secondary N) is 1. The normalized spacial score (nSPS) is 34.9. The molecule has 5 rings (SSSR count). The summed E-state index contributed by atoms with van der Waals surface area (Å²) in [5, 5.41) is 12.0. The number of carbonyl (C=O) groups excluding carboxylic acids is 1. The fourth-order valence-corrected chi connectivity index (χ4v) is 5.43. The second-order valence-corrected chi connectivity index (χ2v) is 7.88. The van der Waals surface area contributed by atoms with Crippen LogP contribution in [0.15, 0.2) is 24.3 Å². The molecular formula is C19H23NO3. The van der Waals surface area contributed by atoms with Crippen LogP contribution in [0.3, 0.4) is 0 Å². The van der Waals surface area contributed by atoms with E-state index in [0.717, 1.165) is 37.0 Å². The number of rotatable bonds is 3.